The number of para-hydroxylation sites is 1. The number of nitrogens with zero attached hydrogens (tertiary/aromatic N) is 1. The Balaban J connectivity index is 1.17. The molecule has 3 aromatic carbocycles. The Hall–Kier alpha value is -3.43. The highest BCUT2D eigenvalue weighted by Crippen LogP contribution is 2.31. The van der Waals surface area contributed by atoms with Crippen molar-refractivity contribution < 1.29 is 31.3 Å². The summed E-state index contributed by atoms with van der Waals surface area (Å²) in [7, 11) is -1.55. The van der Waals surface area contributed by atoms with Crippen LogP contribution < -0.4 is 4.74 Å². The van der Waals surface area contributed by atoms with Crippen LogP contribution >= 0.6 is 0 Å². The number of Topliss-reactive ketones (excluding diaryl/α,β-unsaturated/α-hetero) is 1. The van der Waals surface area contributed by atoms with Crippen molar-refractivity contribution in [1.82, 2.24) is 4.31 Å². The standard InChI is InChI=1S/C29H26F3NO4S/c30-29(31,32)23-11-13-24(14-12-23)36-19-21-6-3-5-20(17-21)10-15-26(34)25-8-4-16-33(25)38(35)28-18-22-7-1-2-9-27(22)37-28/h1-3,5-7,9,11-14,17-18,25H,4,8,10,15-16,19H2. The largest absolute Gasteiger partial charge is 0.489 e. The second-order valence-corrected chi connectivity index (χ2v) is 10.6. The minimum absolute atomic E-state index is 0.0402. The molecule has 1 saturated heterocycles. The zero-order valence-corrected chi connectivity index (χ0v) is 21.3. The molecule has 0 radical (unpaired) electrons. The summed E-state index contributed by atoms with van der Waals surface area (Å²) in [5.41, 5.74) is 1.75. The van der Waals surface area contributed by atoms with Gasteiger partial charge in [-0.05, 0) is 60.7 Å². The Morgan fingerprint density at radius 2 is 1.76 bits per heavy atom. The molecule has 2 heterocycles. The first kappa shape index (κ1) is 26.2. The van der Waals surface area contributed by atoms with Gasteiger partial charge in [-0.2, -0.15) is 13.2 Å². The first-order valence-electron chi connectivity index (χ1n) is 12.4. The molecule has 1 aliphatic heterocycles. The summed E-state index contributed by atoms with van der Waals surface area (Å²) in [5, 5.41) is 1.23. The van der Waals surface area contributed by atoms with Crippen molar-refractivity contribution in [2.75, 3.05) is 6.54 Å². The molecule has 2 atom stereocenters. The maximum Gasteiger partial charge on any atom is 0.416 e. The van der Waals surface area contributed by atoms with Gasteiger partial charge in [0.05, 0.1) is 11.6 Å². The lowest BCUT2D eigenvalue weighted by atomic mass is 10.0. The second-order valence-electron chi connectivity index (χ2n) is 9.25. The average Bonchev–Trinajstić information content (AvgIpc) is 3.58. The summed E-state index contributed by atoms with van der Waals surface area (Å²) in [5.74, 6) is 0.385. The number of fused-ring (bicyclic) bond motifs is 1. The number of hydrogen-bond acceptors (Lipinski definition) is 4. The van der Waals surface area contributed by atoms with E-state index in [1.165, 1.54) is 12.1 Å². The molecular weight excluding hydrogens is 515 g/mol. The van der Waals surface area contributed by atoms with Gasteiger partial charge in [0.2, 0.25) is 5.09 Å². The predicted molar refractivity (Wildman–Crippen MR) is 138 cm³/mol. The summed E-state index contributed by atoms with van der Waals surface area (Å²) in [4.78, 5) is 13.1. The van der Waals surface area contributed by atoms with E-state index in [9.17, 15) is 22.2 Å². The van der Waals surface area contributed by atoms with Crippen LogP contribution in [0.2, 0.25) is 0 Å². The number of ether oxygens (including phenoxy) is 1. The summed E-state index contributed by atoms with van der Waals surface area (Å²) in [6.07, 6.45) is -2.11. The molecule has 1 fully saturated rings. The predicted octanol–water partition coefficient (Wildman–Crippen LogP) is 6.72. The van der Waals surface area contributed by atoms with E-state index in [1.807, 2.05) is 48.5 Å². The molecule has 1 aliphatic rings. The van der Waals surface area contributed by atoms with Crippen molar-refractivity contribution in [3.63, 3.8) is 0 Å². The number of halogens is 3. The van der Waals surface area contributed by atoms with Gasteiger partial charge in [0.15, 0.2) is 16.8 Å². The first-order valence-corrected chi connectivity index (χ1v) is 13.5. The van der Waals surface area contributed by atoms with Crippen LogP contribution in [0.5, 0.6) is 5.75 Å². The number of benzene rings is 3. The molecule has 5 nitrogen and oxygen atoms in total. The third kappa shape index (κ3) is 6.00. The van der Waals surface area contributed by atoms with Crippen LogP contribution in [-0.2, 0) is 35.0 Å². The van der Waals surface area contributed by atoms with Crippen LogP contribution in [0, 0.1) is 0 Å². The van der Waals surface area contributed by atoms with Gasteiger partial charge in [0, 0.05) is 24.4 Å². The maximum absolute atomic E-state index is 13.2. The zero-order chi connectivity index (χ0) is 26.7. The molecule has 2 unspecified atom stereocenters. The molecule has 1 aromatic heterocycles. The van der Waals surface area contributed by atoms with Crippen LogP contribution in [-0.4, -0.2) is 26.9 Å². The van der Waals surface area contributed by atoms with Gasteiger partial charge in [0.1, 0.15) is 17.9 Å². The lowest BCUT2D eigenvalue weighted by Crippen LogP contribution is -2.37. The summed E-state index contributed by atoms with van der Waals surface area (Å²) in [6, 6.07) is 21.0. The van der Waals surface area contributed by atoms with Gasteiger partial charge < -0.3 is 9.15 Å². The molecule has 0 N–H and O–H groups in total. The Labute approximate surface area is 220 Å². The molecule has 5 rings (SSSR count). The van der Waals surface area contributed by atoms with E-state index in [4.69, 9.17) is 9.15 Å². The number of hydrogen-bond donors (Lipinski definition) is 0. The van der Waals surface area contributed by atoms with Gasteiger partial charge in [-0.1, -0.05) is 42.5 Å². The Morgan fingerprint density at radius 1 is 1.00 bits per heavy atom. The quantitative estimate of drug-likeness (QED) is 0.236. The number of aryl methyl sites for hydroxylation is 1. The van der Waals surface area contributed by atoms with Gasteiger partial charge >= 0.3 is 6.18 Å². The van der Waals surface area contributed by atoms with Crippen molar-refractivity contribution in [2.45, 2.75) is 49.6 Å². The molecule has 0 spiro atoms. The van der Waals surface area contributed by atoms with Crippen molar-refractivity contribution in [2.24, 2.45) is 0 Å². The van der Waals surface area contributed by atoms with E-state index in [1.54, 1.807) is 10.4 Å². The number of furan rings is 1. The van der Waals surface area contributed by atoms with Crippen molar-refractivity contribution in [3.8, 4) is 5.75 Å². The minimum atomic E-state index is -4.39. The van der Waals surface area contributed by atoms with Gasteiger partial charge in [0.25, 0.3) is 0 Å². The highest BCUT2D eigenvalue weighted by atomic mass is 32.2. The summed E-state index contributed by atoms with van der Waals surface area (Å²) >= 11 is 0. The first-order chi connectivity index (χ1) is 18.3. The Morgan fingerprint density at radius 3 is 2.53 bits per heavy atom. The van der Waals surface area contributed by atoms with E-state index < -0.39 is 28.8 Å². The average molecular weight is 542 g/mol. The number of carbonyl (C=O) groups excluding carboxylic acids is 1. The highest BCUT2D eigenvalue weighted by Gasteiger charge is 2.35. The van der Waals surface area contributed by atoms with Crippen molar-refractivity contribution in [3.05, 3.63) is 95.6 Å². The van der Waals surface area contributed by atoms with E-state index in [0.717, 1.165) is 35.1 Å². The maximum atomic E-state index is 13.2. The van der Waals surface area contributed by atoms with Crippen molar-refractivity contribution in [1.29, 1.82) is 0 Å². The van der Waals surface area contributed by atoms with Gasteiger partial charge in [-0.25, -0.2) is 8.51 Å². The zero-order valence-electron chi connectivity index (χ0n) is 20.4. The Bertz CT molecular complexity index is 1420. The van der Waals surface area contributed by atoms with Crippen LogP contribution in [0.3, 0.4) is 0 Å². The molecule has 0 saturated carbocycles. The third-order valence-electron chi connectivity index (χ3n) is 6.60. The normalized spacial score (nSPS) is 17.1. The topological polar surface area (TPSA) is 59.8 Å². The number of rotatable bonds is 9. The lowest BCUT2D eigenvalue weighted by Gasteiger charge is -2.21. The summed E-state index contributed by atoms with van der Waals surface area (Å²) < 4.78 is 64.6. The third-order valence-corrected chi connectivity index (χ3v) is 8.01. The number of alkyl halides is 3. The fourth-order valence-corrected chi connectivity index (χ4v) is 6.00. The molecule has 0 amide bonds. The summed E-state index contributed by atoms with van der Waals surface area (Å²) in [6.45, 7) is 0.761. The smallest absolute Gasteiger partial charge is 0.416 e. The number of ketones is 1. The molecule has 4 aromatic rings. The SMILES string of the molecule is O=C(CCc1cccc(COc2ccc(C(F)(F)F)cc2)c1)C1CCCN1S(=O)c1cc2ccccc2o1. The van der Waals surface area contributed by atoms with Crippen LogP contribution in [0.4, 0.5) is 13.2 Å². The van der Waals surface area contributed by atoms with Crippen LogP contribution in [0.15, 0.2) is 88.4 Å². The van der Waals surface area contributed by atoms with Crippen LogP contribution in [0.1, 0.15) is 36.0 Å². The molecule has 0 aliphatic carbocycles. The molecule has 198 valence electrons. The fourth-order valence-electron chi connectivity index (χ4n) is 4.64. The van der Waals surface area contributed by atoms with E-state index in [-0.39, 0.29) is 12.4 Å². The van der Waals surface area contributed by atoms with Crippen LogP contribution in [0.25, 0.3) is 11.0 Å². The Kier molecular flexibility index (Phi) is 7.67. The highest BCUT2D eigenvalue weighted by molar-refractivity contribution is 7.82. The molecule has 0 bridgehead atoms. The molecule has 9 heteroatoms. The lowest BCUT2D eigenvalue weighted by molar-refractivity contribution is -0.137. The fraction of sp³-hybridized carbons (Fsp3) is 0.276. The minimum Gasteiger partial charge on any atom is -0.489 e. The van der Waals surface area contributed by atoms with Gasteiger partial charge in [-0.15, -0.1) is 0 Å². The van der Waals surface area contributed by atoms with Crippen molar-refractivity contribution >= 4 is 27.7 Å². The number of carbonyl (C=O) groups is 1. The van der Waals surface area contributed by atoms with E-state index >= 15 is 0 Å². The molecule has 38 heavy (non-hydrogen) atoms. The van der Waals surface area contributed by atoms with Gasteiger partial charge in [-0.3, -0.25) is 4.79 Å². The van der Waals surface area contributed by atoms with E-state index in [0.29, 0.717) is 42.2 Å². The second kappa shape index (κ2) is 11.1. The monoisotopic (exact) mass is 541 g/mol. The molecular formula is C29H26F3NO4S. The van der Waals surface area contributed by atoms with E-state index in [2.05, 4.69) is 0 Å².